The van der Waals surface area contributed by atoms with Gasteiger partial charge in [0.15, 0.2) is 0 Å². The maximum Gasteiger partial charge on any atom is 0.116 e. The Morgan fingerprint density at radius 2 is 0.976 bits per heavy atom. The van der Waals surface area contributed by atoms with Crippen LogP contribution in [0.2, 0.25) is 0 Å². The second kappa shape index (κ2) is 13.5. The summed E-state index contributed by atoms with van der Waals surface area (Å²) in [4.78, 5) is 2.53. The number of benzene rings is 2. The molecule has 2 aromatic rings. The highest BCUT2D eigenvalue weighted by atomic mass is 16.3. The molecule has 0 aromatic heterocycles. The standard InChI is InChI=1S/C36H61N3O2/c1-33(2,3)29-19-25(40)20-30(34(4,5)6)27(29)23-38-16-14-18-39(17-13-15-37)24-28-31(35(7,8)9)21-26(41)22-32(28)36(10,11)12/h19-22,38,40-41H,13-18,23-24,37H2,1-12H3. The van der Waals surface area contributed by atoms with Crippen LogP contribution >= 0.6 is 0 Å². The van der Waals surface area contributed by atoms with Crippen molar-refractivity contribution < 1.29 is 10.2 Å². The molecule has 41 heavy (non-hydrogen) atoms. The number of nitrogens with one attached hydrogen (secondary N) is 1. The second-order valence-electron chi connectivity index (χ2n) is 16.0. The van der Waals surface area contributed by atoms with Crippen LogP contribution in [-0.4, -0.2) is 41.3 Å². The first-order valence-electron chi connectivity index (χ1n) is 15.5. The van der Waals surface area contributed by atoms with Crippen LogP contribution in [-0.2, 0) is 34.7 Å². The molecule has 0 saturated carbocycles. The number of aromatic hydroxyl groups is 2. The van der Waals surface area contributed by atoms with Crippen LogP contribution in [0.3, 0.4) is 0 Å². The van der Waals surface area contributed by atoms with Crippen LogP contribution in [0.4, 0.5) is 0 Å². The van der Waals surface area contributed by atoms with Gasteiger partial charge in [0.25, 0.3) is 0 Å². The van der Waals surface area contributed by atoms with E-state index in [0.29, 0.717) is 18.0 Å². The summed E-state index contributed by atoms with van der Waals surface area (Å²) in [5, 5.41) is 24.9. The molecule has 0 fully saturated rings. The Bertz CT molecular complexity index is 1070. The summed E-state index contributed by atoms with van der Waals surface area (Å²) in [6.45, 7) is 31.8. The van der Waals surface area contributed by atoms with Crippen molar-refractivity contribution in [1.29, 1.82) is 0 Å². The second-order valence-corrected chi connectivity index (χ2v) is 16.0. The van der Waals surface area contributed by atoms with Gasteiger partial charge in [0.2, 0.25) is 0 Å². The van der Waals surface area contributed by atoms with E-state index >= 15 is 0 Å². The molecule has 5 N–H and O–H groups in total. The molecule has 5 nitrogen and oxygen atoms in total. The minimum Gasteiger partial charge on any atom is -0.508 e. The van der Waals surface area contributed by atoms with Gasteiger partial charge in [-0.1, -0.05) is 83.1 Å². The minimum atomic E-state index is -0.0746. The largest absolute Gasteiger partial charge is 0.508 e. The third-order valence-electron chi connectivity index (χ3n) is 7.89. The van der Waals surface area contributed by atoms with Crippen LogP contribution < -0.4 is 11.1 Å². The van der Waals surface area contributed by atoms with Gasteiger partial charge in [0, 0.05) is 13.1 Å². The first-order valence-corrected chi connectivity index (χ1v) is 15.5. The first kappa shape index (κ1) is 35.1. The smallest absolute Gasteiger partial charge is 0.116 e. The molecule has 0 bridgehead atoms. The van der Waals surface area contributed by atoms with Gasteiger partial charge in [-0.15, -0.1) is 0 Å². The van der Waals surface area contributed by atoms with E-state index in [4.69, 9.17) is 5.73 Å². The van der Waals surface area contributed by atoms with Crippen LogP contribution in [0, 0.1) is 0 Å². The van der Waals surface area contributed by atoms with Crippen molar-refractivity contribution in [2.45, 2.75) is 131 Å². The maximum absolute atomic E-state index is 10.6. The van der Waals surface area contributed by atoms with E-state index in [2.05, 4.69) is 93.3 Å². The lowest BCUT2D eigenvalue weighted by Crippen LogP contribution is -2.32. The van der Waals surface area contributed by atoms with Crippen molar-refractivity contribution in [1.82, 2.24) is 10.2 Å². The number of rotatable bonds is 11. The third-order valence-corrected chi connectivity index (χ3v) is 7.89. The number of hydrogen-bond acceptors (Lipinski definition) is 5. The topological polar surface area (TPSA) is 81.8 Å². The number of nitrogens with zero attached hydrogens (tertiary/aromatic N) is 1. The monoisotopic (exact) mass is 567 g/mol. The van der Waals surface area contributed by atoms with Crippen LogP contribution in [0.1, 0.15) is 129 Å². The average molecular weight is 568 g/mol. The van der Waals surface area contributed by atoms with Crippen molar-refractivity contribution >= 4 is 0 Å². The number of nitrogens with two attached hydrogens (primary N) is 1. The molecule has 0 spiro atoms. The van der Waals surface area contributed by atoms with Crippen LogP contribution in [0.5, 0.6) is 11.5 Å². The van der Waals surface area contributed by atoms with Crippen LogP contribution in [0.25, 0.3) is 0 Å². The van der Waals surface area contributed by atoms with E-state index in [1.807, 2.05) is 24.3 Å². The molecule has 0 aliphatic rings. The zero-order chi connectivity index (χ0) is 31.4. The molecule has 0 unspecified atom stereocenters. The highest BCUT2D eigenvalue weighted by molar-refractivity contribution is 5.49. The van der Waals surface area contributed by atoms with Crippen molar-refractivity contribution in [3.63, 3.8) is 0 Å². The highest BCUT2D eigenvalue weighted by Gasteiger charge is 2.28. The van der Waals surface area contributed by atoms with E-state index in [9.17, 15) is 10.2 Å². The molecular weight excluding hydrogens is 506 g/mol. The number of phenols is 2. The highest BCUT2D eigenvalue weighted by Crippen LogP contribution is 2.39. The Labute approximate surface area is 251 Å². The Hall–Kier alpha value is -2.08. The third kappa shape index (κ3) is 10.0. The summed E-state index contributed by atoms with van der Waals surface area (Å²) in [6.07, 6.45) is 1.98. The first-order chi connectivity index (χ1) is 18.7. The van der Waals surface area contributed by atoms with Crippen molar-refractivity contribution in [3.05, 3.63) is 57.6 Å². The molecule has 0 saturated heterocycles. The van der Waals surface area contributed by atoms with Gasteiger partial charge in [-0.05, 0) is 118 Å². The molecule has 0 heterocycles. The van der Waals surface area contributed by atoms with Crippen molar-refractivity contribution in [2.24, 2.45) is 5.73 Å². The predicted octanol–water partition coefficient (Wildman–Crippen LogP) is 7.62. The normalized spacial score (nSPS) is 13.3. The summed E-state index contributed by atoms with van der Waals surface area (Å²) >= 11 is 0. The van der Waals surface area contributed by atoms with Gasteiger partial charge in [0.05, 0.1) is 0 Å². The Morgan fingerprint density at radius 1 is 0.610 bits per heavy atom. The van der Waals surface area contributed by atoms with E-state index in [0.717, 1.165) is 45.6 Å². The molecule has 2 rings (SSSR count). The van der Waals surface area contributed by atoms with Crippen molar-refractivity contribution in [2.75, 3.05) is 26.2 Å². The Morgan fingerprint density at radius 3 is 1.34 bits per heavy atom. The fourth-order valence-corrected chi connectivity index (χ4v) is 5.80. The fourth-order valence-electron chi connectivity index (χ4n) is 5.80. The molecule has 5 heteroatoms. The fraction of sp³-hybridized carbons (Fsp3) is 0.667. The lowest BCUT2D eigenvalue weighted by atomic mass is 9.76. The molecule has 0 radical (unpaired) electrons. The quantitative estimate of drug-likeness (QED) is 0.210. The van der Waals surface area contributed by atoms with E-state index in [-0.39, 0.29) is 21.7 Å². The van der Waals surface area contributed by atoms with Gasteiger partial charge in [-0.25, -0.2) is 0 Å². The molecule has 0 amide bonds. The number of phenolic OH excluding ortho intramolecular Hbond substituents is 2. The molecule has 2 aromatic carbocycles. The summed E-state index contributed by atoms with van der Waals surface area (Å²) in [6, 6.07) is 7.81. The molecule has 0 aliphatic carbocycles. The zero-order valence-corrected chi connectivity index (χ0v) is 28.4. The van der Waals surface area contributed by atoms with E-state index in [1.165, 1.54) is 33.4 Å². The molecule has 0 atom stereocenters. The number of hydrogen-bond donors (Lipinski definition) is 4. The lowest BCUT2D eigenvalue weighted by Gasteiger charge is -2.33. The predicted molar refractivity (Wildman–Crippen MR) is 176 cm³/mol. The summed E-state index contributed by atoms with van der Waals surface area (Å²) in [5.41, 5.74) is 13.2. The van der Waals surface area contributed by atoms with Gasteiger partial charge in [-0.3, -0.25) is 4.90 Å². The van der Waals surface area contributed by atoms with Gasteiger partial charge in [-0.2, -0.15) is 0 Å². The van der Waals surface area contributed by atoms with Crippen molar-refractivity contribution in [3.8, 4) is 11.5 Å². The SMILES string of the molecule is CC(C)(C)c1cc(O)cc(C(C)(C)C)c1CNCCCN(CCCN)Cc1c(C(C)(C)C)cc(O)cc1C(C)(C)C. The zero-order valence-electron chi connectivity index (χ0n) is 28.4. The summed E-state index contributed by atoms with van der Waals surface area (Å²) < 4.78 is 0. The van der Waals surface area contributed by atoms with E-state index in [1.54, 1.807) is 0 Å². The molecule has 0 aliphatic heterocycles. The van der Waals surface area contributed by atoms with Crippen LogP contribution in [0.15, 0.2) is 24.3 Å². The van der Waals surface area contributed by atoms with Gasteiger partial charge < -0.3 is 21.3 Å². The molecular formula is C36H61N3O2. The summed E-state index contributed by atoms with van der Waals surface area (Å²) in [5.74, 6) is 0.692. The average Bonchev–Trinajstić information content (AvgIpc) is 2.80. The van der Waals surface area contributed by atoms with E-state index < -0.39 is 0 Å². The summed E-state index contributed by atoms with van der Waals surface area (Å²) in [7, 11) is 0. The Kier molecular flexibility index (Phi) is 11.5. The maximum atomic E-state index is 10.6. The van der Waals surface area contributed by atoms with Gasteiger partial charge in [0.1, 0.15) is 11.5 Å². The minimum absolute atomic E-state index is 0.0611. The molecule has 232 valence electrons. The Balaban J connectivity index is 2.26. The van der Waals surface area contributed by atoms with Gasteiger partial charge >= 0.3 is 0 Å². The lowest BCUT2D eigenvalue weighted by molar-refractivity contribution is 0.255.